The maximum atomic E-state index is 5.51. The Morgan fingerprint density at radius 3 is 2.95 bits per heavy atom. The number of hydrogen-bond acceptors (Lipinski definition) is 4. The Morgan fingerprint density at radius 2 is 2.05 bits per heavy atom. The molecular weight excluding hydrogens is 238 g/mol. The molecule has 3 rings (SSSR count). The zero-order valence-electron chi connectivity index (χ0n) is 11.2. The SMILES string of the molecule is c1ccc2c(NCCCN3CCNCC3)coc2c1. The molecule has 4 heteroatoms. The molecule has 0 atom stereocenters. The van der Waals surface area contributed by atoms with Crippen molar-refractivity contribution in [2.24, 2.45) is 0 Å². The van der Waals surface area contributed by atoms with Crippen LogP contribution in [0.3, 0.4) is 0 Å². The minimum Gasteiger partial charge on any atom is -0.462 e. The monoisotopic (exact) mass is 259 g/mol. The Balaban J connectivity index is 1.47. The van der Waals surface area contributed by atoms with E-state index in [1.807, 2.05) is 24.5 Å². The summed E-state index contributed by atoms with van der Waals surface area (Å²) in [4.78, 5) is 2.52. The first-order chi connectivity index (χ1) is 9.43. The lowest BCUT2D eigenvalue weighted by atomic mass is 10.2. The van der Waals surface area contributed by atoms with Gasteiger partial charge in [0, 0.05) is 38.1 Å². The first-order valence-corrected chi connectivity index (χ1v) is 7.07. The minimum absolute atomic E-state index is 0.951. The van der Waals surface area contributed by atoms with Crippen LogP contribution in [-0.4, -0.2) is 44.2 Å². The number of piperazine rings is 1. The lowest BCUT2D eigenvalue weighted by Crippen LogP contribution is -2.44. The van der Waals surface area contributed by atoms with E-state index >= 15 is 0 Å². The van der Waals surface area contributed by atoms with Crippen molar-refractivity contribution >= 4 is 16.7 Å². The fourth-order valence-corrected chi connectivity index (χ4v) is 2.58. The summed E-state index contributed by atoms with van der Waals surface area (Å²) in [5.41, 5.74) is 2.06. The highest BCUT2D eigenvalue weighted by molar-refractivity contribution is 5.90. The third-order valence-electron chi connectivity index (χ3n) is 3.66. The molecule has 1 aromatic heterocycles. The summed E-state index contributed by atoms with van der Waals surface area (Å²) in [5, 5.41) is 8.02. The van der Waals surface area contributed by atoms with Gasteiger partial charge in [0.1, 0.15) is 11.8 Å². The molecule has 1 aliphatic heterocycles. The van der Waals surface area contributed by atoms with Gasteiger partial charge in [-0.2, -0.15) is 0 Å². The van der Waals surface area contributed by atoms with Crippen molar-refractivity contribution in [3.05, 3.63) is 30.5 Å². The molecule has 0 radical (unpaired) electrons. The molecule has 1 fully saturated rings. The number of nitrogens with one attached hydrogen (secondary N) is 2. The molecule has 1 aromatic carbocycles. The first-order valence-electron chi connectivity index (χ1n) is 7.07. The predicted octanol–water partition coefficient (Wildman–Crippen LogP) is 2.14. The van der Waals surface area contributed by atoms with Gasteiger partial charge in [0.05, 0.1) is 5.69 Å². The molecule has 2 heterocycles. The van der Waals surface area contributed by atoms with Crippen molar-refractivity contribution in [3.63, 3.8) is 0 Å². The molecule has 0 spiro atoms. The van der Waals surface area contributed by atoms with Crippen molar-refractivity contribution in [3.8, 4) is 0 Å². The van der Waals surface area contributed by atoms with Crippen molar-refractivity contribution in [2.75, 3.05) is 44.6 Å². The van der Waals surface area contributed by atoms with Crippen LogP contribution in [0.25, 0.3) is 11.0 Å². The van der Waals surface area contributed by atoms with Gasteiger partial charge >= 0.3 is 0 Å². The van der Waals surface area contributed by atoms with Crippen molar-refractivity contribution in [1.82, 2.24) is 10.2 Å². The van der Waals surface area contributed by atoms with Crippen LogP contribution in [0.2, 0.25) is 0 Å². The Hall–Kier alpha value is -1.52. The number of furan rings is 1. The topological polar surface area (TPSA) is 40.4 Å². The average Bonchev–Trinajstić information content (AvgIpc) is 2.88. The van der Waals surface area contributed by atoms with Gasteiger partial charge in [-0.3, -0.25) is 0 Å². The molecule has 0 aliphatic carbocycles. The highest BCUT2D eigenvalue weighted by atomic mass is 16.3. The molecule has 1 aliphatic rings. The third kappa shape index (κ3) is 3.08. The van der Waals surface area contributed by atoms with Gasteiger partial charge in [0.2, 0.25) is 0 Å². The fourth-order valence-electron chi connectivity index (χ4n) is 2.58. The van der Waals surface area contributed by atoms with E-state index in [0.717, 1.165) is 30.9 Å². The number of hydrogen-bond donors (Lipinski definition) is 2. The van der Waals surface area contributed by atoms with E-state index < -0.39 is 0 Å². The predicted molar refractivity (Wildman–Crippen MR) is 78.6 cm³/mol. The van der Waals surface area contributed by atoms with Gasteiger partial charge in [-0.15, -0.1) is 0 Å². The quantitative estimate of drug-likeness (QED) is 0.807. The van der Waals surface area contributed by atoms with Crippen molar-refractivity contribution < 1.29 is 4.42 Å². The molecule has 102 valence electrons. The molecule has 2 aromatic rings. The second-order valence-corrected chi connectivity index (χ2v) is 5.02. The maximum absolute atomic E-state index is 5.51. The molecule has 19 heavy (non-hydrogen) atoms. The minimum atomic E-state index is 0.951. The van der Waals surface area contributed by atoms with Gasteiger partial charge in [-0.05, 0) is 25.1 Å². The number of para-hydroxylation sites is 1. The second kappa shape index (κ2) is 6.08. The highest BCUT2D eigenvalue weighted by Gasteiger charge is 2.08. The summed E-state index contributed by atoms with van der Waals surface area (Å²) in [6.07, 6.45) is 2.98. The Morgan fingerprint density at radius 1 is 1.21 bits per heavy atom. The van der Waals surface area contributed by atoms with E-state index in [4.69, 9.17) is 4.42 Å². The number of benzene rings is 1. The lowest BCUT2D eigenvalue weighted by Gasteiger charge is -2.27. The second-order valence-electron chi connectivity index (χ2n) is 5.02. The van der Waals surface area contributed by atoms with E-state index in [1.54, 1.807) is 0 Å². The van der Waals surface area contributed by atoms with Crippen LogP contribution in [0.1, 0.15) is 6.42 Å². The average molecular weight is 259 g/mol. The summed E-state index contributed by atoms with van der Waals surface area (Å²) in [6, 6.07) is 8.14. The van der Waals surface area contributed by atoms with Crippen LogP contribution >= 0.6 is 0 Å². The van der Waals surface area contributed by atoms with Gasteiger partial charge < -0.3 is 20.0 Å². The molecule has 2 N–H and O–H groups in total. The Bertz CT molecular complexity index is 517. The smallest absolute Gasteiger partial charge is 0.136 e. The molecular formula is C15H21N3O. The molecule has 0 saturated carbocycles. The Labute approximate surface area is 113 Å². The van der Waals surface area contributed by atoms with Crippen LogP contribution in [0.4, 0.5) is 5.69 Å². The summed E-state index contributed by atoms with van der Waals surface area (Å²) in [7, 11) is 0. The molecule has 0 amide bonds. The van der Waals surface area contributed by atoms with Crippen LogP contribution < -0.4 is 10.6 Å². The first kappa shape index (κ1) is 12.5. The van der Waals surface area contributed by atoms with E-state index in [9.17, 15) is 0 Å². The summed E-state index contributed by atoms with van der Waals surface area (Å²) in [5.74, 6) is 0. The van der Waals surface area contributed by atoms with Crippen LogP contribution in [0, 0.1) is 0 Å². The number of nitrogens with zero attached hydrogens (tertiary/aromatic N) is 1. The van der Waals surface area contributed by atoms with Crippen molar-refractivity contribution in [1.29, 1.82) is 0 Å². The molecule has 1 saturated heterocycles. The summed E-state index contributed by atoms with van der Waals surface area (Å²) < 4.78 is 5.51. The molecule has 4 nitrogen and oxygen atoms in total. The van der Waals surface area contributed by atoms with Crippen LogP contribution in [0.15, 0.2) is 34.9 Å². The number of fused-ring (bicyclic) bond motifs is 1. The maximum Gasteiger partial charge on any atom is 0.136 e. The standard InChI is InChI=1S/C15H21N3O/c1-2-5-15-13(4-1)14(12-19-15)17-6-3-9-18-10-7-16-8-11-18/h1-2,4-5,12,16-17H,3,6-11H2. The summed E-state index contributed by atoms with van der Waals surface area (Å²) >= 11 is 0. The van der Waals surface area contributed by atoms with Gasteiger partial charge in [0.15, 0.2) is 0 Å². The number of anilines is 1. The van der Waals surface area contributed by atoms with E-state index in [2.05, 4.69) is 21.6 Å². The van der Waals surface area contributed by atoms with Crippen LogP contribution in [-0.2, 0) is 0 Å². The lowest BCUT2D eigenvalue weighted by molar-refractivity contribution is 0.240. The largest absolute Gasteiger partial charge is 0.462 e. The number of rotatable bonds is 5. The van der Waals surface area contributed by atoms with Crippen LogP contribution in [0.5, 0.6) is 0 Å². The molecule has 0 unspecified atom stereocenters. The normalized spacial score (nSPS) is 16.8. The Kier molecular flexibility index (Phi) is 4.01. The zero-order chi connectivity index (χ0) is 12.9. The van der Waals surface area contributed by atoms with E-state index in [-0.39, 0.29) is 0 Å². The summed E-state index contributed by atoms with van der Waals surface area (Å²) in [6.45, 7) is 6.76. The molecule has 0 bridgehead atoms. The van der Waals surface area contributed by atoms with Gasteiger partial charge in [0.25, 0.3) is 0 Å². The van der Waals surface area contributed by atoms with Gasteiger partial charge in [-0.1, -0.05) is 12.1 Å². The fraction of sp³-hybridized carbons (Fsp3) is 0.467. The van der Waals surface area contributed by atoms with E-state index in [0.29, 0.717) is 0 Å². The zero-order valence-corrected chi connectivity index (χ0v) is 11.2. The highest BCUT2D eigenvalue weighted by Crippen LogP contribution is 2.24. The van der Waals surface area contributed by atoms with E-state index in [1.165, 1.54) is 31.4 Å². The van der Waals surface area contributed by atoms with Gasteiger partial charge in [-0.25, -0.2) is 0 Å². The third-order valence-corrected chi connectivity index (χ3v) is 3.66. The van der Waals surface area contributed by atoms with Crippen molar-refractivity contribution in [2.45, 2.75) is 6.42 Å².